The van der Waals surface area contributed by atoms with Crippen LogP contribution in [0.25, 0.3) is 11.2 Å². The number of rotatable bonds is 23. The van der Waals surface area contributed by atoms with Gasteiger partial charge in [0.05, 0.1) is 37.6 Å². The first kappa shape index (κ1) is 56.8. The van der Waals surface area contributed by atoms with Crippen LogP contribution in [0.15, 0.2) is 103 Å². The Bertz CT molecular complexity index is 3200. The lowest BCUT2D eigenvalue weighted by molar-refractivity contribution is -0.170. The highest BCUT2D eigenvalue weighted by Gasteiger charge is 2.52. The smallest absolute Gasteiger partial charge is 0.472 e. The molecule has 8 rings (SSSR count). The molecule has 0 saturated carbocycles. The molecule has 12 N–H and O–H groups in total. The van der Waals surface area contributed by atoms with Crippen molar-refractivity contribution in [2.45, 2.75) is 74.6 Å². The summed E-state index contributed by atoms with van der Waals surface area (Å²) in [6.45, 7) is -2.98. The molecular weight excluding hydrogens is 1090 g/mol. The van der Waals surface area contributed by atoms with Crippen LogP contribution in [0, 0.1) is 5.82 Å². The number of phosphoric ester groups is 2. The molecule has 0 radical (unpaired) electrons. The van der Waals surface area contributed by atoms with E-state index in [1.165, 1.54) is 47.3 Å². The van der Waals surface area contributed by atoms with Crippen molar-refractivity contribution in [1.29, 1.82) is 0 Å². The van der Waals surface area contributed by atoms with Gasteiger partial charge < -0.3 is 70.5 Å². The maximum atomic E-state index is 14.3. The normalized spacial score (nSPS) is 23.1. The average Bonchev–Trinajstić information content (AvgIpc) is 4.15. The van der Waals surface area contributed by atoms with Gasteiger partial charge >= 0.3 is 27.3 Å². The van der Waals surface area contributed by atoms with Gasteiger partial charge in [0.25, 0.3) is 0 Å². The third kappa shape index (κ3) is 14.6. The highest BCUT2D eigenvalue weighted by atomic mass is 35.5. The van der Waals surface area contributed by atoms with Gasteiger partial charge in [-0.3, -0.25) is 37.6 Å². The van der Waals surface area contributed by atoms with E-state index in [1.807, 2.05) is 0 Å². The average molecular weight is 1140 g/mol. The van der Waals surface area contributed by atoms with Crippen LogP contribution in [0.4, 0.5) is 21.7 Å². The molecule has 77 heavy (non-hydrogen) atoms. The Hall–Kier alpha value is -6.41. The van der Waals surface area contributed by atoms with Crippen molar-refractivity contribution >= 4 is 67.6 Å². The Morgan fingerprint density at radius 1 is 0.857 bits per heavy atom. The zero-order chi connectivity index (χ0) is 55.2. The molecule has 0 aliphatic carbocycles. The van der Waals surface area contributed by atoms with Gasteiger partial charge in [-0.2, -0.15) is 4.98 Å². The number of carbonyl (C=O) groups is 2. The molecule has 29 nitrogen and oxygen atoms in total. The molecule has 3 aromatic carbocycles. The summed E-state index contributed by atoms with van der Waals surface area (Å²) in [5.74, 6) is -2.19. The summed E-state index contributed by atoms with van der Waals surface area (Å²) in [5.41, 5.74) is 12.1. The van der Waals surface area contributed by atoms with Crippen LogP contribution in [0.2, 0.25) is 5.02 Å². The molecule has 2 aliphatic heterocycles. The number of aliphatic hydroxyl groups is 3. The number of aliphatic hydroxyl groups excluding tert-OH is 3. The number of carbonyl (C=O) groups excluding carboxylic acids is 2. The van der Waals surface area contributed by atoms with Gasteiger partial charge in [0.1, 0.15) is 72.4 Å². The first-order valence-corrected chi connectivity index (χ1v) is 26.1. The molecule has 0 bridgehead atoms. The molecular formula is C44H48ClFN10O19P2. The first-order chi connectivity index (χ1) is 36.6. The fraction of sp³-hybridized carbons (Fsp3) is 0.341. The second kappa shape index (κ2) is 24.5. The highest BCUT2D eigenvalue weighted by molar-refractivity contribution is 7.47. The van der Waals surface area contributed by atoms with Gasteiger partial charge in [0.15, 0.2) is 30.0 Å². The number of aromatic nitrogens is 6. The number of para-hydroxylation sites is 1. The van der Waals surface area contributed by atoms with Gasteiger partial charge in [0, 0.05) is 11.9 Å². The molecule has 2 saturated heterocycles. The van der Waals surface area contributed by atoms with Crippen molar-refractivity contribution in [3.8, 4) is 5.75 Å². The van der Waals surface area contributed by atoms with Crippen LogP contribution in [0.1, 0.15) is 23.6 Å². The number of nitrogens with zero attached hydrogens (tertiary/aromatic N) is 6. The number of nitrogen functional groups attached to an aromatic ring is 2. The maximum absolute atomic E-state index is 14.3. The van der Waals surface area contributed by atoms with Crippen LogP contribution in [0.3, 0.4) is 0 Å². The van der Waals surface area contributed by atoms with E-state index in [9.17, 15) is 57.9 Å². The van der Waals surface area contributed by atoms with Crippen LogP contribution in [-0.2, 0) is 64.3 Å². The van der Waals surface area contributed by atoms with E-state index in [0.717, 1.165) is 23.2 Å². The minimum atomic E-state index is -5.52. The molecule has 3 aromatic heterocycles. The first-order valence-electron chi connectivity index (χ1n) is 22.7. The van der Waals surface area contributed by atoms with E-state index in [2.05, 4.69) is 35.1 Å². The molecule has 1 amide bonds. The van der Waals surface area contributed by atoms with Crippen molar-refractivity contribution in [3.05, 3.63) is 130 Å². The molecule has 2 aliphatic rings. The number of fused-ring (bicyclic) bond motifs is 1. The Labute approximate surface area is 438 Å². The predicted molar refractivity (Wildman–Crippen MR) is 261 cm³/mol. The van der Waals surface area contributed by atoms with Crippen molar-refractivity contribution in [2.75, 3.05) is 36.6 Å². The summed E-state index contributed by atoms with van der Waals surface area (Å²) in [6.07, 6.45) is -13.1. The molecule has 5 heterocycles. The monoisotopic (exact) mass is 1140 g/mol. The Balaban J connectivity index is 0.984. The van der Waals surface area contributed by atoms with Gasteiger partial charge in [-0.25, -0.2) is 33.3 Å². The third-order valence-corrected chi connectivity index (χ3v) is 13.3. The van der Waals surface area contributed by atoms with Crippen molar-refractivity contribution < 1.29 is 90.4 Å². The van der Waals surface area contributed by atoms with E-state index in [4.69, 9.17) is 55.8 Å². The number of esters is 1. The quantitative estimate of drug-likeness (QED) is 0.0241. The number of imidazole rings is 1. The van der Waals surface area contributed by atoms with E-state index < -0.39 is 114 Å². The number of amides is 1. The largest absolute Gasteiger partial charge is 0.490 e. The number of nitrogens with two attached hydrogens (primary N) is 2. The molecule has 33 heteroatoms. The third-order valence-electron chi connectivity index (χ3n) is 11.5. The number of phosphoric acid groups is 2. The van der Waals surface area contributed by atoms with E-state index in [0.29, 0.717) is 16.8 Å². The molecule has 412 valence electrons. The minimum absolute atomic E-state index is 0.00851. The van der Waals surface area contributed by atoms with Crippen molar-refractivity contribution in [1.82, 2.24) is 34.4 Å². The number of hydrogen-bond donors (Lipinski definition) is 10. The van der Waals surface area contributed by atoms with Crippen LogP contribution >= 0.6 is 27.2 Å². The summed E-state index contributed by atoms with van der Waals surface area (Å²) >= 11 is 6.31. The fourth-order valence-corrected chi connectivity index (χ4v) is 9.34. The Morgan fingerprint density at radius 2 is 1.52 bits per heavy atom. The van der Waals surface area contributed by atoms with Crippen LogP contribution in [-0.4, -0.2) is 140 Å². The lowest BCUT2D eigenvalue weighted by Gasteiger charge is -2.27. The molecule has 2 unspecified atom stereocenters. The maximum Gasteiger partial charge on any atom is 0.472 e. The number of nitrogens with one attached hydrogen (secondary N) is 2. The minimum Gasteiger partial charge on any atom is -0.490 e. The zero-order valence-corrected chi connectivity index (χ0v) is 42.1. The van der Waals surface area contributed by atoms with E-state index in [-0.39, 0.29) is 52.5 Å². The number of ether oxygens (including phenoxy) is 5. The number of benzene rings is 3. The Morgan fingerprint density at radius 3 is 2.22 bits per heavy atom. The second-order valence-electron chi connectivity index (χ2n) is 16.9. The molecule has 6 aromatic rings. The zero-order valence-electron chi connectivity index (χ0n) is 39.5. The van der Waals surface area contributed by atoms with Gasteiger partial charge in [-0.1, -0.05) is 48.0 Å². The summed E-state index contributed by atoms with van der Waals surface area (Å²) < 4.78 is 84.6. The second-order valence-corrected chi connectivity index (χ2v) is 20.0. The topological polar surface area (TPSA) is 418 Å². The number of halogens is 2. The van der Waals surface area contributed by atoms with Crippen molar-refractivity contribution in [3.63, 3.8) is 0 Å². The van der Waals surface area contributed by atoms with Gasteiger partial charge in [0.2, 0.25) is 12.3 Å². The number of hydrogen-bond acceptors (Lipinski definition) is 23. The summed E-state index contributed by atoms with van der Waals surface area (Å²) in [5, 5.41) is 39.6. The van der Waals surface area contributed by atoms with Crippen molar-refractivity contribution in [2.24, 2.45) is 0 Å². The fourth-order valence-electron chi connectivity index (χ4n) is 7.85. The summed E-state index contributed by atoms with van der Waals surface area (Å²) in [6, 6.07) is 17.5. The predicted octanol–water partition coefficient (Wildman–Crippen LogP) is 0.791. The van der Waals surface area contributed by atoms with Crippen LogP contribution in [0.5, 0.6) is 5.75 Å². The molecule has 2 fully saturated rings. The molecule has 11 atom stereocenters. The summed E-state index contributed by atoms with van der Waals surface area (Å²) in [4.78, 5) is 85.1. The van der Waals surface area contributed by atoms with Gasteiger partial charge in [-0.05, 0) is 53.6 Å². The molecule has 0 spiro atoms. The highest BCUT2D eigenvalue weighted by Crippen LogP contribution is 2.50. The summed E-state index contributed by atoms with van der Waals surface area (Å²) in [7, 11) is -10.7. The van der Waals surface area contributed by atoms with Crippen LogP contribution < -0.4 is 32.5 Å². The number of anilines is 3. The Kier molecular flexibility index (Phi) is 18.1. The standard InChI is InChI=1S/C44H48ClFN10O19P2/c45-26-3-1-2-4-28(26)68-17-27(53-44(62)69-16-23-7-11-25(12-8-23)52-32(57)15-22-5-9-24(46)10-6-22)42(60)74-36-29(72-41(34(36)58)56-21-51-33-38(48)49-20-50-39(33)56)19-71-77(66,67)75-37-30(18-70-76(63,64)65)73-40(35(37)59)55-14-13-31(47)54-43(55)61/h1-14,20-21,27,29-30,34-37,40-41,44,53,58-59,62H,15-19H2,(H,52,57)(H,66,67)(H2,47,54,61)(H2,48,49,50)(H2,63,64,65)/t27-,29+,30+,34+,35+,36+,37+,40+,41+,44?/m0/s1. The van der Waals surface area contributed by atoms with E-state index >= 15 is 0 Å². The lowest BCUT2D eigenvalue weighted by atomic mass is 10.1. The van der Waals surface area contributed by atoms with Gasteiger partial charge in [-0.15, -0.1) is 0 Å². The van der Waals surface area contributed by atoms with E-state index in [1.54, 1.807) is 36.4 Å². The SMILES string of the molecule is Nc1ccn([C@@H]2O[C@H](COP(=O)(O)O)[C@@H](OP(=O)(O)OC[C@H]3O[C@@H](n4cnc5c(N)ncnc54)[C@H](O)[C@@H]3OC(=O)[C@H](COc3ccccc3Cl)NC(O)OCc3ccc(NC(=O)Cc4ccc(F)cc4)cc3)[C@H]2O)c(=O)n1. The lowest BCUT2D eigenvalue weighted by Crippen LogP contribution is -2.51.